The molecule has 4 heterocycles. The van der Waals surface area contributed by atoms with Gasteiger partial charge in [-0.15, -0.1) is 46.6 Å². The molecule has 0 bridgehead atoms. The number of aromatic nitrogens is 4. The minimum Gasteiger partial charge on any atom is -0.366 e. The van der Waals surface area contributed by atoms with Gasteiger partial charge in [-0.1, -0.05) is 41.9 Å². The predicted molar refractivity (Wildman–Crippen MR) is 144 cm³/mol. The fourth-order valence-electron chi connectivity index (χ4n) is 4.69. The van der Waals surface area contributed by atoms with Gasteiger partial charge in [0.05, 0.1) is 5.56 Å². The molecule has 0 spiro atoms. The van der Waals surface area contributed by atoms with Crippen molar-refractivity contribution in [1.29, 1.82) is 0 Å². The second-order valence-electron chi connectivity index (χ2n) is 9.05. The number of hydrogen-bond donors (Lipinski definition) is 0. The van der Waals surface area contributed by atoms with Gasteiger partial charge in [-0.2, -0.15) is 26.3 Å². The van der Waals surface area contributed by atoms with Crippen LogP contribution in [0.15, 0.2) is 102 Å². The number of alkyl halides is 6. The fraction of sp³-hybridized carbons (Fsp3) is 0.0645. The first kappa shape index (κ1) is 29.9. The minimum atomic E-state index is -4.83. The van der Waals surface area contributed by atoms with Crippen molar-refractivity contribution in [3.8, 4) is 22.5 Å². The number of para-hydroxylation sites is 1. The van der Waals surface area contributed by atoms with Crippen LogP contribution in [0.2, 0.25) is 0 Å². The number of hydrogen-bond acceptors (Lipinski definition) is 4. The third-order valence-electron chi connectivity index (χ3n) is 6.46. The van der Waals surface area contributed by atoms with Crippen LogP contribution >= 0.6 is 0 Å². The molecule has 1 radical (unpaired) electrons. The molecule has 0 aliphatic carbocycles. The molecule has 5 nitrogen and oxygen atoms in total. The molecule has 3 aromatic carbocycles. The van der Waals surface area contributed by atoms with Crippen molar-refractivity contribution < 1.29 is 51.0 Å². The topological polar surface area (TPSA) is 56.7 Å². The fourth-order valence-corrected chi connectivity index (χ4v) is 4.69. The number of nitrogens with zero attached hydrogens (tertiary/aromatic N) is 4. The van der Waals surface area contributed by atoms with Crippen molar-refractivity contribution in [2.45, 2.75) is 12.5 Å². The van der Waals surface area contributed by atoms with Gasteiger partial charge in [0.15, 0.2) is 5.58 Å². The first-order valence-corrected chi connectivity index (χ1v) is 12.3. The zero-order valence-corrected chi connectivity index (χ0v) is 23.9. The maximum absolute atomic E-state index is 13.8. The Balaban J connectivity index is 0.000000194. The van der Waals surface area contributed by atoms with Gasteiger partial charge in [-0.25, -0.2) is 0 Å². The van der Waals surface area contributed by atoms with Crippen LogP contribution in [-0.4, -0.2) is 19.7 Å². The van der Waals surface area contributed by atoms with E-state index in [2.05, 4.69) is 27.4 Å². The Morgan fingerprint density at radius 2 is 1.56 bits per heavy atom. The van der Waals surface area contributed by atoms with E-state index in [9.17, 15) is 26.3 Å². The van der Waals surface area contributed by atoms with E-state index in [0.717, 1.165) is 34.4 Å². The van der Waals surface area contributed by atoms with Crippen LogP contribution in [0, 0.1) is 12.3 Å². The quantitative estimate of drug-likeness (QED) is 0.130. The van der Waals surface area contributed by atoms with Crippen molar-refractivity contribution in [3.05, 3.63) is 115 Å². The molecule has 0 unspecified atom stereocenters. The van der Waals surface area contributed by atoms with Gasteiger partial charge in [0.1, 0.15) is 0 Å². The van der Waals surface area contributed by atoms with Gasteiger partial charge >= 0.3 is 12.5 Å². The van der Waals surface area contributed by atoms with Crippen molar-refractivity contribution in [1.82, 2.24) is 19.7 Å². The number of rotatable bonds is 2. The van der Waals surface area contributed by atoms with Crippen LogP contribution < -0.4 is 0 Å². The van der Waals surface area contributed by atoms with Crippen molar-refractivity contribution in [3.63, 3.8) is 0 Å². The van der Waals surface area contributed by atoms with E-state index in [1.807, 2.05) is 36.4 Å². The molecule has 4 aromatic heterocycles. The third-order valence-corrected chi connectivity index (χ3v) is 6.46. The molecule has 0 saturated carbocycles. The summed E-state index contributed by atoms with van der Waals surface area (Å²) in [5.41, 5.74) is 1.08. The van der Waals surface area contributed by atoms with Gasteiger partial charge in [0.2, 0.25) is 0 Å². The number of halogens is 6. The first-order valence-electron chi connectivity index (χ1n) is 12.3. The molecule has 0 saturated heterocycles. The van der Waals surface area contributed by atoms with E-state index in [0.29, 0.717) is 6.07 Å². The molecule has 0 fully saturated rings. The smallest absolute Gasteiger partial charge is 0.366 e. The zero-order valence-electron chi connectivity index (χ0n) is 21.5. The Hall–Kier alpha value is -4.54. The molecule has 43 heavy (non-hydrogen) atoms. The van der Waals surface area contributed by atoms with Crippen molar-refractivity contribution >= 4 is 32.8 Å². The van der Waals surface area contributed by atoms with Crippen LogP contribution in [0.1, 0.15) is 5.56 Å². The summed E-state index contributed by atoms with van der Waals surface area (Å²) in [6.07, 6.45) is -3.50. The summed E-state index contributed by atoms with van der Waals surface area (Å²) in [4.78, 5) is 8.00. The number of pyridine rings is 2. The summed E-state index contributed by atoms with van der Waals surface area (Å²) in [6, 6.07) is 23.9. The van der Waals surface area contributed by atoms with Gasteiger partial charge in [0, 0.05) is 42.9 Å². The average molecular weight is 767 g/mol. The van der Waals surface area contributed by atoms with Crippen molar-refractivity contribution in [2.75, 3.05) is 0 Å². The van der Waals surface area contributed by atoms with E-state index >= 15 is 0 Å². The first-order chi connectivity index (χ1) is 20.1. The Morgan fingerprint density at radius 1 is 0.767 bits per heavy atom. The predicted octanol–water partition coefficient (Wildman–Crippen LogP) is 8.84. The number of benzene rings is 3. The second-order valence-corrected chi connectivity index (χ2v) is 9.05. The maximum atomic E-state index is 13.8. The monoisotopic (exact) mass is 767 g/mol. The standard InChI is InChI=1S/C19H9F6N2.C12H7N2O.Ir/c20-18(21,22)11-7-8-16-14(10-11)12-4-3-5-13(15-6-1-2-9-26-15)17(12)27(16)19(23,24)25;1-2-6-11-10(5-1)12(14-15-11)9-4-3-7-13-8-9;/h1-4,6-10H;1-7H;/q2*-1;. The van der Waals surface area contributed by atoms with E-state index in [4.69, 9.17) is 4.52 Å². The Kier molecular flexibility index (Phi) is 8.09. The van der Waals surface area contributed by atoms with Gasteiger partial charge in [-0.3, -0.25) is 4.57 Å². The van der Waals surface area contributed by atoms with Crippen LogP contribution in [0.4, 0.5) is 26.3 Å². The maximum Gasteiger partial charge on any atom is 0.481 e. The van der Waals surface area contributed by atoms with E-state index < -0.39 is 18.0 Å². The van der Waals surface area contributed by atoms with Crippen LogP contribution in [0.25, 0.3) is 55.3 Å². The zero-order chi connectivity index (χ0) is 29.5. The van der Waals surface area contributed by atoms with Gasteiger partial charge in [-0.05, 0) is 53.1 Å². The SMILES string of the molecule is FC(F)(F)c1ccc2c(c1)c1cc[c-]c(-c3ccccn3)c1n2C(F)(F)F.[Ir].[c-]1ncccc1-c1noc2ccccc12. The molecule has 0 atom stereocenters. The molecule has 0 N–H and O–H groups in total. The minimum absolute atomic E-state index is 0. The molecule has 0 aliphatic heterocycles. The summed E-state index contributed by atoms with van der Waals surface area (Å²) in [7, 11) is 0. The van der Waals surface area contributed by atoms with E-state index in [1.165, 1.54) is 24.4 Å². The van der Waals surface area contributed by atoms with Gasteiger partial charge in [0.25, 0.3) is 0 Å². The Labute approximate surface area is 253 Å². The summed E-state index contributed by atoms with van der Waals surface area (Å²) in [6.45, 7) is 0. The molecular weight excluding hydrogens is 751 g/mol. The third kappa shape index (κ3) is 5.76. The molecular formula is C31H16F6IrN4O-2. The summed E-state index contributed by atoms with van der Waals surface area (Å²) in [5, 5.41) is 4.92. The summed E-state index contributed by atoms with van der Waals surface area (Å²) >= 11 is 0. The normalized spacial score (nSPS) is 11.8. The Morgan fingerprint density at radius 3 is 2.26 bits per heavy atom. The molecule has 0 amide bonds. The average Bonchev–Trinajstić information content (AvgIpc) is 3.57. The molecule has 12 heteroatoms. The largest absolute Gasteiger partial charge is 0.481 e. The molecule has 219 valence electrons. The summed E-state index contributed by atoms with van der Waals surface area (Å²) < 4.78 is 85.9. The van der Waals surface area contributed by atoms with E-state index in [-0.39, 0.29) is 57.7 Å². The number of fused-ring (bicyclic) bond motifs is 4. The van der Waals surface area contributed by atoms with Crippen molar-refractivity contribution in [2.24, 2.45) is 0 Å². The van der Waals surface area contributed by atoms with Crippen LogP contribution in [0.5, 0.6) is 0 Å². The van der Waals surface area contributed by atoms with Crippen LogP contribution in [-0.2, 0) is 32.6 Å². The molecule has 7 aromatic rings. The second kappa shape index (κ2) is 11.6. The van der Waals surface area contributed by atoms with E-state index in [1.54, 1.807) is 18.3 Å². The molecule has 7 rings (SSSR count). The van der Waals surface area contributed by atoms with Crippen LogP contribution in [0.3, 0.4) is 0 Å². The van der Waals surface area contributed by atoms with Gasteiger partial charge < -0.3 is 14.5 Å². The summed E-state index contributed by atoms with van der Waals surface area (Å²) in [5.74, 6) is 0. The Bertz CT molecular complexity index is 2020. The molecule has 0 aliphatic rings.